The molecule has 6 nitrogen and oxygen atoms in total. The van der Waals surface area contributed by atoms with Crippen LogP contribution < -0.4 is 4.74 Å². The summed E-state index contributed by atoms with van der Waals surface area (Å²) in [7, 11) is 0. The molecule has 0 unspecified atom stereocenters. The lowest BCUT2D eigenvalue weighted by molar-refractivity contribution is 0.0654. The Morgan fingerprint density at radius 1 is 1.17 bits per heavy atom. The van der Waals surface area contributed by atoms with Gasteiger partial charge in [-0.1, -0.05) is 42.5 Å². The van der Waals surface area contributed by atoms with Gasteiger partial charge in [0.25, 0.3) is 5.91 Å². The predicted octanol–water partition coefficient (Wildman–Crippen LogP) is 3.87. The lowest BCUT2D eigenvalue weighted by Gasteiger charge is -2.34. The third-order valence-corrected chi connectivity index (χ3v) is 6.49. The molecule has 0 bridgehead atoms. The zero-order valence-corrected chi connectivity index (χ0v) is 18.2. The molecule has 3 heterocycles. The minimum atomic E-state index is 0.0810. The molecule has 0 saturated carbocycles. The fraction of sp³-hybridized carbons (Fsp3) is 0.348. The summed E-state index contributed by atoms with van der Waals surface area (Å²) in [6.45, 7) is 8.53. The highest BCUT2D eigenvalue weighted by atomic mass is 32.1. The highest BCUT2D eigenvalue weighted by Crippen LogP contribution is 2.35. The van der Waals surface area contributed by atoms with E-state index in [9.17, 15) is 4.79 Å². The van der Waals surface area contributed by atoms with Crippen LogP contribution in [0.1, 0.15) is 27.7 Å². The monoisotopic (exact) mass is 422 g/mol. The van der Waals surface area contributed by atoms with Crippen molar-refractivity contribution in [3.05, 3.63) is 58.7 Å². The van der Waals surface area contributed by atoms with Crippen LogP contribution in [0.5, 0.6) is 5.88 Å². The number of carbonyl (C=O) groups excluding carboxylic acids is 1. The van der Waals surface area contributed by atoms with Crippen molar-refractivity contribution in [3.8, 4) is 5.88 Å². The molecule has 2 aromatic heterocycles. The summed E-state index contributed by atoms with van der Waals surface area (Å²) >= 11 is 1.43. The Bertz CT molecular complexity index is 1040. The van der Waals surface area contributed by atoms with Crippen molar-refractivity contribution < 1.29 is 9.53 Å². The van der Waals surface area contributed by atoms with Gasteiger partial charge in [0.2, 0.25) is 5.88 Å². The zero-order chi connectivity index (χ0) is 20.9. The van der Waals surface area contributed by atoms with Gasteiger partial charge in [0.05, 0.1) is 16.9 Å². The van der Waals surface area contributed by atoms with Crippen molar-refractivity contribution in [1.82, 2.24) is 19.8 Å². The van der Waals surface area contributed by atoms with Crippen molar-refractivity contribution >= 4 is 33.5 Å². The topological polar surface area (TPSA) is 58.6 Å². The molecule has 1 aromatic carbocycles. The molecular weight excluding hydrogens is 396 g/mol. The molecule has 1 fully saturated rings. The van der Waals surface area contributed by atoms with Crippen LogP contribution >= 0.6 is 11.3 Å². The molecule has 3 aromatic rings. The quantitative estimate of drug-likeness (QED) is 0.604. The van der Waals surface area contributed by atoms with E-state index in [-0.39, 0.29) is 5.91 Å². The fourth-order valence-corrected chi connectivity index (χ4v) is 4.78. The second-order valence-electron chi connectivity index (χ2n) is 7.25. The number of piperazine rings is 1. The van der Waals surface area contributed by atoms with Crippen LogP contribution in [-0.2, 0) is 0 Å². The number of ether oxygens (including phenoxy) is 1. The van der Waals surface area contributed by atoms with E-state index in [0.717, 1.165) is 53.4 Å². The highest BCUT2D eigenvalue weighted by molar-refractivity contribution is 7.20. The van der Waals surface area contributed by atoms with E-state index in [2.05, 4.69) is 39.2 Å². The van der Waals surface area contributed by atoms with E-state index >= 15 is 0 Å². The molecule has 1 saturated heterocycles. The molecule has 0 atom stereocenters. The maximum Gasteiger partial charge on any atom is 0.264 e. The first-order valence-corrected chi connectivity index (χ1v) is 11.1. The molecule has 1 aliphatic rings. The molecule has 156 valence electrons. The number of nitrogens with zero attached hydrogens (tertiary/aromatic N) is 4. The number of hydrogen-bond donors (Lipinski definition) is 0. The van der Waals surface area contributed by atoms with Gasteiger partial charge in [-0.2, -0.15) is 0 Å². The highest BCUT2D eigenvalue weighted by Gasteiger charge is 2.26. The Morgan fingerprint density at radius 3 is 2.67 bits per heavy atom. The zero-order valence-electron chi connectivity index (χ0n) is 17.4. The van der Waals surface area contributed by atoms with E-state index in [1.807, 2.05) is 36.9 Å². The van der Waals surface area contributed by atoms with Crippen molar-refractivity contribution in [2.45, 2.75) is 13.8 Å². The summed E-state index contributed by atoms with van der Waals surface area (Å²) in [4.78, 5) is 27.6. The van der Waals surface area contributed by atoms with Crippen molar-refractivity contribution in [1.29, 1.82) is 0 Å². The molecule has 4 rings (SSSR count). The number of fused-ring (bicyclic) bond motifs is 1. The number of rotatable bonds is 6. The number of carbonyl (C=O) groups is 1. The normalized spacial score (nSPS) is 15.2. The van der Waals surface area contributed by atoms with Gasteiger partial charge in [-0.05, 0) is 25.0 Å². The van der Waals surface area contributed by atoms with E-state index < -0.39 is 0 Å². The molecule has 0 aliphatic carbocycles. The second-order valence-corrected chi connectivity index (χ2v) is 8.25. The molecule has 1 amide bonds. The maximum absolute atomic E-state index is 13.2. The minimum absolute atomic E-state index is 0.0810. The van der Waals surface area contributed by atoms with Gasteiger partial charge in [-0.3, -0.25) is 9.69 Å². The van der Waals surface area contributed by atoms with E-state index in [1.165, 1.54) is 23.2 Å². The Morgan fingerprint density at radius 2 is 1.93 bits per heavy atom. The number of aryl methyl sites for hydroxylation is 1. The summed E-state index contributed by atoms with van der Waals surface area (Å²) in [6, 6.07) is 10.3. The van der Waals surface area contributed by atoms with Crippen LogP contribution in [0.25, 0.3) is 16.3 Å². The molecule has 30 heavy (non-hydrogen) atoms. The Kier molecular flexibility index (Phi) is 6.40. The van der Waals surface area contributed by atoms with Crippen LogP contribution in [-0.4, -0.2) is 65.0 Å². The lowest BCUT2D eigenvalue weighted by Crippen LogP contribution is -2.48. The first-order valence-electron chi connectivity index (χ1n) is 10.3. The second kappa shape index (κ2) is 9.36. The average molecular weight is 423 g/mol. The summed E-state index contributed by atoms with van der Waals surface area (Å²) in [6.07, 6.45) is 5.84. The first-order chi connectivity index (χ1) is 14.7. The van der Waals surface area contributed by atoms with Gasteiger partial charge >= 0.3 is 0 Å². The number of benzene rings is 1. The lowest BCUT2D eigenvalue weighted by atomic mass is 10.2. The number of thiophene rings is 1. The van der Waals surface area contributed by atoms with Gasteiger partial charge in [0.1, 0.15) is 11.2 Å². The van der Waals surface area contributed by atoms with Crippen LogP contribution in [0.15, 0.2) is 42.7 Å². The summed E-state index contributed by atoms with van der Waals surface area (Å²) in [5, 5.41) is 0.859. The van der Waals surface area contributed by atoms with E-state index in [0.29, 0.717) is 12.5 Å². The SMILES string of the molecule is CCOc1ncnc2sc(C(=O)N3CCN(C/C=C/c4ccccc4)CC3)c(C)c12. The maximum atomic E-state index is 13.2. The minimum Gasteiger partial charge on any atom is -0.477 e. The van der Waals surface area contributed by atoms with Crippen molar-refractivity contribution in [2.75, 3.05) is 39.3 Å². The summed E-state index contributed by atoms with van der Waals surface area (Å²) < 4.78 is 5.64. The predicted molar refractivity (Wildman–Crippen MR) is 121 cm³/mol. The summed E-state index contributed by atoms with van der Waals surface area (Å²) in [5.41, 5.74) is 2.12. The van der Waals surface area contributed by atoms with E-state index in [1.54, 1.807) is 0 Å². The van der Waals surface area contributed by atoms with Crippen LogP contribution in [0, 0.1) is 6.92 Å². The van der Waals surface area contributed by atoms with Crippen LogP contribution in [0.3, 0.4) is 0 Å². The Hall–Kier alpha value is -2.77. The number of aromatic nitrogens is 2. The molecular formula is C23H26N4O2S. The number of amides is 1. The largest absolute Gasteiger partial charge is 0.477 e. The Balaban J connectivity index is 1.39. The van der Waals surface area contributed by atoms with Crippen molar-refractivity contribution in [2.24, 2.45) is 0 Å². The van der Waals surface area contributed by atoms with Gasteiger partial charge in [-0.15, -0.1) is 11.3 Å². The molecule has 7 heteroatoms. The molecule has 1 aliphatic heterocycles. The average Bonchev–Trinajstić information content (AvgIpc) is 3.12. The third-order valence-electron chi connectivity index (χ3n) is 5.30. The van der Waals surface area contributed by atoms with Crippen molar-refractivity contribution in [3.63, 3.8) is 0 Å². The van der Waals surface area contributed by atoms with Crippen LogP contribution in [0.4, 0.5) is 0 Å². The molecule has 0 radical (unpaired) electrons. The molecule has 0 N–H and O–H groups in total. The Labute approximate surface area is 180 Å². The number of hydrogen-bond acceptors (Lipinski definition) is 6. The standard InChI is InChI=1S/C23H26N4O2S/c1-3-29-21-19-17(2)20(30-22(19)25-16-24-21)23(28)27-14-12-26(13-15-27)11-7-10-18-8-5-4-6-9-18/h4-10,16H,3,11-15H2,1-2H3/b10-7+. The van der Waals surface area contributed by atoms with Gasteiger partial charge < -0.3 is 9.64 Å². The van der Waals surface area contributed by atoms with E-state index in [4.69, 9.17) is 4.74 Å². The molecule has 0 spiro atoms. The fourth-order valence-electron chi connectivity index (χ4n) is 3.67. The third kappa shape index (κ3) is 4.37. The van der Waals surface area contributed by atoms with Gasteiger partial charge in [0.15, 0.2) is 0 Å². The summed E-state index contributed by atoms with van der Waals surface area (Å²) in [5.74, 6) is 0.641. The van der Waals surface area contributed by atoms with Gasteiger partial charge in [-0.25, -0.2) is 9.97 Å². The van der Waals surface area contributed by atoms with Crippen LogP contribution in [0.2, 0.25) is 0 Å². The first kappa shape index (κ1) is 20.5. The van der Waals surface area contributed by atoms with Gasteiger partial charge in [0, 0.05) is 32.7 Å². The smallest absolute Gasteiger partial charge is 0.264 e.